The zero-order chi connectivity index (χ0) is 13.7. The van der Waals surface area contributed by atoms with Crippen molar-refractivity contribution in [1.82, 2.24) is 10.3 Å². The maximum atomic E-state index is 6.10. The molecule has 1 heterocycles. The Hall–Kier alpha value is -0.900. The van der Waals surface area contributed by atoms with E-state index in [1.165, 1.54) is 5.56 Å². The summed E-state index contributed by atoms with van der Waals surface area (Å²) in [5.74, 6) is 0.406. The first-order valence-corrected chi connectivity index (χ1v) is 7.83. The second-order valence-corrected chi connectivity index (χ2v) is 6.15. The quantitative estimate of drug-likeness (QED) is 0.867. The van der Waals surface area contributed by atoms with Crippen LogP contribution < -0.4 is 5.32 Å². The van der Waals surface area contributed by atoms with E-state index in [-0.39, 0.29) is 0 Å². The molecule has 0 fully saturated rings. The van der Waals surface area contributed by atoms with Gasteiger partial charge in [0.2, 0.25) is 0 Å². The van der Waals surface area contributed by atoms with E-state index >= 15 is 0 Å². The first kappa shape index (κ1) is 14.5. The van der Waals surface area contributed by atoms with E-state index in [9.17, 15) is 0 Å². The summed E-state index contributed by atoms with van der Waals surface area (Å²) >= 11 is 7.75. The molecule has 19 heavy (non-hydrogen) atoms. The summed E-state index contributed by atoms with van der Waals surface area (Å²) in [6.45, 7) is 5.27. The average Bonchev–Trinajstić information content (AvgIpc) is 2.87. The molecular weight excluding hydrogens is 276 g/mol. The first-order valence-electron chi connectivity index (χ1n) is 6.51. The van der Waals surface area contributed by atoms with Gasteiger partial charge in [0, 0.05) is 28.9 Å². The molecular formula is C15H19ClN2S. The van der Waals surface area contributed by atoms with Crippen molar-refractivity contribution >= 4 is 22.9 Å². The molecule has 2 aromatic rings. The molecule has 4 heteroatoms. The van der Waals surface area contributed by atoms with Crippen LogP contribution in [-0.4, -0.2) is 17.6 Å². The Balaban J connectivity index is 2.13. The Morgan fingerprint density at radius 3 is 2.84 bits per heavy atom. The van der Waals surface area contributed by atoms with Gasteiger partial charge in [-0.1, -0.05) is 37.6 Å². The Morgan fingerprint density at radius 2 is 2.21 bits per heavy atom. The molecule has 0 saturated heterocycles. The van der Waals surface area contributed by atoms with Crippen molar-refractivity contribution in [3.05, 3.63) is 51.4 Å². The number of thiazole rings is 1. The molecule has 1 aromatic heterocycles. The normalized spacial score (nSPS) is 12.8. The molecule has 1 aromatic carbocycles. The Morgan fingerprint density at radius 1 is 1.37 bits per heavy atom. The monoisotopic (exact) mass is 294 g/mol. The number of aromatic nitrogens is 1. The zero-order valence-corrected chi connectivity index (χ0v) is 12.8. The standard InChI is InChI=1S/C15H19ClN2S/c1-11(2)17-8-13(7-15-9-19-10-18-15)12-4-3-5-14(16)6-12/h3-6,9-11,13,17H,7-8H2,1-2H3. The molecule has 0 aliphatic heterocycles. The van der Waals surface area contributed by atoms with Crippen LogP contribution in [0.5, 0.6) is 0 Å². The fourth-order valence-electron chi connectivity index (χ4n) is 2.04. The molecule has 0 saturated carbocycles. The summed E-state index contributed by atoms with van der Waals surface area (Å²) in [4.78, 5) is 4.39. The lowest BCUT2D eigenvalue weighted by Crippen LogP contribution is -2.29. The SMILES string of the molecule is CC(C)NCC(Cc1cscn1)c1cccc(Cl)c1. The van der Waals surface area contributed by atoms with Crippen LogP contribution in [0, 0.1) is 0 Å². The van der Waals surface area contributed by atoms with Crippen LogP contribution in [0.2, 0.25) is 5.02 Å². The van der Waals surface area contributed by atoms with E-state index in [1.807, 2.05) is 17.6 Å². The third-order valence-electron chi connectivity index (χ3n) is 3.03. The van der Waals surface area contributed by atoms with E-state index in [2.05, 4.69) is 41.7 Å². The lowest BCUT2D eigenvalue weighted by molar-refractivity contribution is 0.524. The largest absolute Gasteiger partial charge is 0.314 e. The zero-order valence-electron chi connectivity index (χ0n) is 11.3. The summed E-state index contributed by atoms with van der Waals surface area (Å²) in [5.41, 5.74) is 4.31. The van der Waals surface area contributed by atoms with Gasteiger partial charge in [-0.2, -0.15) is 0 Å². The van der Waals surface area contributed by atoms with Gasteiger partial charge in [0.1, 0.15) is 0 Å². The number of nitrogens with zero attached hydrogens (tertiary/aromatic N) is 1. The first-order chi connectivity index (χ1) is 9.15. The highest BCUT2D eigenvalue weighted by Crippen LogP contribution is 2.23. The molecule has 0 bridgehead atoms. The van der Waals surface area contributed by atoms with Crippen LogP contribution in [0.25, 0.3) is 0 Å². The minimum atomic E-state index is 0.406. The summed E-state index contributed by atoms with van der Waals surface area (Å²) in [6, 6.07) is 8.62. The summed E-state index contributed by atoms with van der Waals surface area (Å²) < 4.78 is 0. The molecule has 1 unspecified atom stereocenters. The van der Waals surface area contributed by atoms with Gasteiger partial charge in [-0.3, -0.25) is 0 Å². The van der Waals surface area contributed by atoms with Gasteiger partial charge in [-0.25, -0.2) is 4.98 Å². The maximum Gasteiger partial charge on any atom is 0.0794 e. The van der Waals surface area contributed by atoms with Crippen LogP contribution >= 0.6 is 22.9 Å². The molecule has 0 spiro atoms. The molecule has 2 nitrogen and oxygen atoms in total. The van der Waals surface area contributed by atoms with Gasteiger partial charge in [-0.15, -0.1) is 11.3 Å². The Kier molecular flexibility index (Phi) is 5.37. The van der Waals surface area contributed by atoms with Crippen LogP contribution in [0.4, 0.5) is 0 Å². The number of rotatable bonds is 6. The number of nitrogens with one attached hydrogen (secondary N) is 1. The van der Waals surface area contributed by atoms with Crippen LogP contribution in [0.15, 0.2) is 35.2 Å². The van der Waals surface area contributed by atoms with Gasteiger partial charge in [0.15, 0.2) is 0 Å². The van der Waals surface area contributed by atoms with Gasteiger partial charge < -0.3 is 5.32 Å². The lowest BCUT2D eigenvalue weighted by atomic mass is 9.94. The van der Waals surface area contributed by atoms with Crippen molar-refractivity contribution in [1.29, 1.82) is 0 Å². The molecule has 2 rings (SSSR count). The van der Waals surface area contributed by atoms with E-state index in [0.29, 0.717) is 12.0 Å². The summed E-state index contributed by atoms with van der Waals surface area (Å²) in [7, 11) is 0. The highest BCUT2D eigenvalue weighted by Gasteiger charge is 2.14. The van der Waals surface area contributed by atoms with E-state index in [4.69, 9.17) is 11.6 Å². The van der Waals surface area contributed by atoms with Crippen molar-refractivity contribution < 1.29 is 0 Å². The smallest absolute Gasteiger partial charge is 0.0794 e. The number of benzene rings is 1. The van der Waals surface area contributed by atoms with Crippen molar-refractivity contribution in [2.75, 3.05) is 6.54 Å². The van der Waals surface area contributed by atoms with Crippen LogP contribution in [0.1, 0.15) is 31.0 Å². The molecule has 1 N–H and O–H groups in total. The van der Waals surface area contributed by atoms with Gasteiger partial charge in [0.25, 0.3) is 0 Å². The highest BCUT2D eigenvalue weighted by atomic mass is 35.5. The predicted octanol–water partition coefficient (Wildman–Crippen LogP) is 4.12. The van der Waals surface area contributed by atoms with Crippen LogP contribution in [-0.2, 0) is 6.42 Å². The maximum absolute atomic E-state index is 6.10. The molecule has 0 amide bonds. The molecule has 0 aliphatic rings. The highest BCUT2D eigenvalue weighted by molar-refractivity contribution is 7.07. The molecule has 102 valence electrons. The minimum Gasteiger partial charge on any atom is -0.314 e. The minimum absolute atomic E-state index is 0.406. The average molecular weight is 295 g/mol. The third kappa shape index (κ3) is 4.60. The number of halogens is 1. The fraction of sp³-hybridized carbons (Fsp3) is 0.400. The van der Waals surface area contributed by atoms with Crippen molar-refractivity contribution in [2.24, 2.45) is 0 Å². The molecule has 0 radical (unpaired) electrons. The van der Waals surface area contributed by atoms with Crippen LogP contribution in [0.3, 0.4) is 0 Å². The van der Waals surface area contributed by atoms with E-state index in [1.54, 1.807) is 11.3 Å². The molecule has 0 aliphatic carbocycles. The van der Waals surface area contributed by atoms with Gasteiger partial charge in [-0.05, 0) is 24.1 Å². The number of hydrogen-bond acceptors (Lipinski definition) is 3. The van der Waals surface area contributed by atoms with E-state index in [0.717, 1.165) is 23.7 Å². The fourth-order valence-corrected chi connectivity index (χ4v) is 2.81. The topological polar surface area (TPSA) is 24.9 Å². The lowest BCUT2D eigenvalue weighted by Gasteiger charge is -2.19. The predicted molar refractivity (Wildman–Crippen MR) is 83.1 cm³/mol. The second-order valence-electron chi connectivity index (χ2n) is 5.00. The van der Waals surface area contributed by atoms with Gasteiger partial charge >= 0.3 is 0 Å². The van der Waals surface area contributed by atoms with Crippen molar-refractivity contribution in [3.8, 4) is 0 Å². The van der Waals surface area contributed by atoms with Crippen molar-refractivity contribution in [2.45, 2.75) is 32.2 Å². The third-order valence-corrected chi connectivity index (χ3v) is 3.90. The Labute approximate surface area is 123 Å². The summed E-state index contributed by atoms with van der Waals surface area (Å²) in [5, 5.41) is 6.42. The Bertz CT molecular complexity index is 497. The molecule has 1 atom stereocenters. The van der Waals surface area contributed by atoms with Gasteiger partial charge in [0.05, 0.1) is 11.2 Å². The van der Waals surface area contributed by atoms with E-state index < -0.39 is 0 Å². The summed E-state index contributed by atoms with van der Waals surface area (Å²) in [6.07, 6.45) is 0.948. The van der Waals surface area contributed by atoms with Crippen molar-refractivity contribution in [3.63, 3.8) is 0 Å². The second kappa shape index (κ2) is 7.04. The number of hydrogen-bond donors (Lipinski definition) is 1.